The van der Waals surface area contributed by atoms with Crippen LogP contribution in [0, 0.1) is 25.7 Å². The zero-order chi connectivity index (χ0) is 17.3. The highest BCUT2D eigenvalue weighted by Gasteiger charge is 2.27. The Morgan fingerprint density at radius 2 is 2.12 bits per heavy atom. The maximum atomic E-state index is 12.1. The Morgan fingerprint density at radius 3 is 2.71 bits per heavy atom. The first kappa shape index (κ1) is 16.6. The van der Waals surface area contributed by atoms with Crippen molar-refractivity contribution in [3.8, 4) is 11.3 Å². The SMILES string of the molecule is Cc1noc(C)c1-c1cnc(C[C@@H]2CCN(C(=O)C(C)C)C2)cn1. The predicted molar refractivity (Wildman–Crippen MR) is 90.2 cm³/mol. The molecule has 128 valence electrons. The van der Waals surface area contributed by atoms with E-state index >= 15 is 0 Å². The lowest BCUT2D eigenvalue weighted by atomic mass is 10.0. The minimum absolute atomic E-state index is 0.0675. The molecule has 0 aromatic carbocycles. The highest BCUT2D eigenvalue weighted by atomic mass is 16.5. The van der Waals surface area contributed by atoms with Crippen molar-refractivity contribution in [2.24, 2.45) is 11.8 Å². The molecule has 0 aliphatic carbocycles. The van der Waals surface area contributed by atoms with E-state index in [9.17, 15) is 4.79 Å². The molecule has 1 atom stereocenters. The smallest absolute Gasteiger partial charge is 0.225 e. The summed E-state index contributed by atoms with van der Waals surface area (Å²) in [6, 6.07) is 0. The Hall–Kier alpha value is -2.24. The fourth-order valence-corrected chi connectivity index (χ4v) is 3.30. The third-order valence-electron chi connectivity index (χ3n) is 4.58. The molecule has 3 rings (SSSR count). The molecule has 1 aliphatic rings. The number of aryl methyl sites for hydroxylation is 2. The van der Waals surface area contributed by atoms with Crippen LogP contribution in [-0.2, 0) is 11.2 Å². The number of rotatable bonds is 4. The number of nitrogens with zero attached hydrogens (tertiary/aromatic N) is 4. The van der Waals surface area contributed by atoms with Gasteiger partial charge in [0.15, 0.2) is 0 Å². The van der Waals surface area contributed by atoms with Gasteiger partial charge in [0.25, 0.3) is 0 Å². The minimum atomic E-state index is 0.0675. The Labute approximate surface area is 142 Å². The van der Waals surface area contributed by atoms with Gasteiger partial charge in [-0.05, 0) is 32.6 Å². The molecule has 2 aromatic rings. The van der Waals surface area contributed by atoms with E-state index in [0.29, 0.717) is 5.92 Å². The molecule has 1 aliphatic heterocycles. The zero-order valence-corrected chi connectivity index (χ0v) is 14.7. The summed E-state index contributed by atoms with van der Waals surface area (Å²) in [4.78, 5) is 23.1. The van der Waals surface area contributed by atoms with Crippen molar-refractivity contribution in [1.29, 1.82) is 0 Å². The van der Waals surface area contributed by atoms with Crippen molar-refractivity contribution in [2.45, 2.75) is 40.5 Å². The molecule has 0 radical (unpaired) electrons. The van der Waals surface area contributed by atoms with Gasteiger partial charge >= 0.3 is 0 Å². The molecule has 0 bridgehead atoms. The van der Waals surface area contributed by atoms with E-state index in [1.54, 1.807) is 6.20 Å². The lowest BCUT2D eigenvalue weighted by molar-refractivity contribution is -0.133. The predicted octanol–water partition coefficient (Wildman–Crippen LogP) is 2.80. The maximum absolute atomic E-state index is 12.1. The molecule has 24 heavy (non-hydrogen) atoms. The summed E-state index contributed by atoms with van der Waals surface area (Å²) in [5.41, 5.74) is 3.50. The molecule has 3 heterocycles. The topological polar surface area (TPSA) is 72.1 Å². The van der Waals surface area contributed by atoms with Crippen LogP contribution in [-0.4, -0.2) is 39.0 Å². The summed E-state index contributed by atoms with van der Waals surface area (Å²) in [7, 11) is 0. The average molecular weight is 328 g/mol. The van der Waals surface area contributed by atoms with Gasteiger partial charge in [-0.25, -0.2) is 0 Å². The third-order valence-corrected chi connectivity index (χ3v) is 4.58. The van der Waals surface area contributed by atoms with Gasteiger partial charge in [0.2, 0.25) is 5.91 Å². The molecule has 0 spiro atoms. The standard InChI is InChI=1S/C18H24N4O2/c1-11(2)18(23)22-6-5-14(10-22)7-15-8-20-16(9-19-15)17-12(3)21-24-13(17)4/h8-9,11,14H,5-7,10H2,1-4H3/t14-/m0/s1. The number of carbonyl (C=O) groups excluding carboxylic acids is 1. The lowest BCUT2D eigenvalue weighted by Crippen LogP contribution is -2.32. The molecule has 0 saturated carbocycles. The second-order valence-electron chi connectivity index (χ2n) is 6.89. The largest absolute Gasteiger partial charge is 0.361 e. The van der Waals surface area contributed by atoms with Gasteiger partial charge < -0.3 is 9.42 Å². The summed E-state index contributed by atoms with van der Waals surface area (Å²) < 4.78 is 5.19. The van der Waals surface area contributed by atoms with E-state index < -0.39 is 0 Å². The van der Waals surface area contributed by atoms with Gasteiger partial charge in [-0.15, -0.1) is 0 Å². The molecule has 0 unspecified atom stereocenters. The van der Waals surface area contributed by atoms with Crippen LogP contribution in [0.25, 0.3) is 11.3 Å². The van der Waals surface area contributed by atoms with Crippen LogP contribution in [0.15, 0.2) is 16.9 Å². The van der Waals surface area contributed by atoms with Gasteiger partial charge in [0.05, 0.1) is 28.8 Å². The Balaban J connectivity index is 1.64. The van der Waals surface area contributed by atoms with Crippen molar-refractivity contribution in [3.05, 3.63) is 29.5 Å². The maximum Gasteiger partial charge on any atom is 0.225 e. The lowest BCUT2D eigenvalue weighted by Gasteiger charge is -2.18. The van der Waals surface area contributed by atoms with E-state index in [1.165, 1.54) is 0 Å². The van der Waals surface area contributed by atoms with Crippen molar-refractivity contribution in [2.75, 3.05) is 13.1 Å². The van der Waals surface area contributed by atoms with E-state index in [4.69, 9.17) is 4.52 Å². The van der Waals surface area contributed by atoms with Crippen LogP contribution in [0.3, 0.4) is 0 Å². The number of aromatic nitrogens is 3. The van der Waals surface area contributed by atoms with Crippen LogP contribution in [0.4, 0.5) is 0 Å². The summed E-state index contributed by atoms with van der Waals surface area (Å²) in [6.45, 7) is 9.36. The fourth-order valence-electron chi connectivity index (χ4n) is 3.30. The quantitative estimate of drug-likeness (QED) is 0.863. The van der Waals surface area contributed by atoms with Crippen molar-refractivity contribution >= 4 is 5.91 Å². The number of carbonyl (C=O) groups is 1. The third kappa shape index (κ3) is 3.32. The minimum Gasteiger partial charge on any atom is -0.361 e. The van der Waals surface area contributed by atoms with Gasteiger partial charge in [0, 0.05) is 25.2 Å². The van der Waals surface area contributed by atoms with Crippen LogP contribution < -0.4 is 0 Å². The molecular weight excluding hydrogens is 304 g/mol. The van der Waals surface area contributed by atoms with Crippen LogP contribution >= 0.6 is 0 Å². The van der Waals surface area contributed by atoms with Gasteiger partial charge in [-0.3, -0.25) is 14.8 Å². The van der Waals surface area contributed by atoms with Crippen molar-refractivity contribution in [3.63, 3.8) is 0 Å². The number of likely N-dealkylation sites (tertiary alicyclic amines) is 1. The van der Waals surface area contributed by atoms with Crippen LogP contribution in [0.5, 0.6) is 0 Å². The van der Waals surface area contributed by atoms with Gasteiger partial charge in [-0.1, -0.05) is 19.0 Å². The van der Waals surface area contributed by atoms with Gasteiger partial charge in [-0.2, -0.15) is 0 Å². The first-order chi connectivity index (χ1) is 11.5. The number of hydrogen-bond donors (Lipinski definition) is 0. The zero-order valence-electron chi connectivity index (χ0n) is 14.7. The van der Waals surface area contributed by atoms with Crippen molar-refractivity contribution in [1.82, 2.24) is 20.0 Å². The second-order valence-corrected chi connectivity index (χ2v) is 6.89. The van der Waals surface area contributed by atoms with E-state index in [-0.39, 0.29) is 11.8 Å². The summed E-state index contributed by atoms with van der Waals surface area (Å²) >= 11 is 0. The normalized spacial score (nSPS) is 17.7. The molecule has 2 aromatic heterocycles. The monoisotopic (exact) mass is 328 g/mol. The Kier molecular flexibility index (Phi) is 4.64. The molecule has 6 nitrogen and oxygen atoms in total. The summed E-state index contributed by atoms with van der Waals surface area (Å²) in [5, 5.41) is 3.96. The Morgan fingerprint density at radius 1 is 1.33 bits per heavy atom. The number of hydrogen-bond acceptors (Lipinski definition) is 5. The van der Waals surface area contributed by atoms with Crippen molar-refractivity contribution < 1.29 is 9.32 Å². The fraction of sp³-hybridized carbons (Fsp3) is 0.556. The highest BCUT2D eigenvalue weighted by molar-refractivity contribution is 5.78. The summed E-state index contributed by atoms with van der Waals surface area (Å²) in [6.07, 6.45) is 5.50. The molecule has 1 fully saturated rings. The molecule has 6 heteroatoms. The second kappa shape index (κ2) is 6.71. The van der Waals surface area contributed by atoms with Gasteiger partial charge in [0.1, 0.15) is 5.76 Å². The molecule has 1 saturated heterocycles. The molecule has 0 N–H and O–H groups in total. The van der Waals surface area contributed by atoms with Crippen LogP contribution in [0.1, 0.15) is 37.4 Å². The summed E-state index contributed by atoms with van der Waals surface area (Å²) in [5.74, 6) is 1.54. The molecular formula is C18H24N4O2. The van der Waals surface area contributed by atoms with E-state index in [0.717, 1.165) is 54.3 Å². The average Bonchev–Trinajstić information content (AvgIpc) is 3.15. The Bertz CT molecular complexity index is 702. The first-order valence-corrected chi connectivity index (χ1v) is 8.48. The van der Waals surface area contributed by atoms with E-state index in [2.05, 4.69) is 15.1 Å². The molecule has 1 amide bonds. The number of amides is 1. The first-order valence-electron chi connectivity index (χ1n) is 8.48. The van der Waals surface area contributed by atoms with Crippen LogP contribution in [0.2, 0.25) is 0 Å². The van der Waals surface area contributed by atoms with E-state index in [1.807, 2.05) is 38.8 Å². The highest BCUT2D eigenvalue weighted by Crippen LogP contribution is 2.25.